The standard InChI is InChI=1S/C10H10BrClO3/c1-15-8-2-6(4-9(13)14)10(12)7(3-8)5-11/h2-3H,4-5H2,1H3,(H,13,14). The van der Waals surface area contributed by atoms with Crippen LogP contribution in [-0.2, 0) is 16.5 Å². The fourth-order valence-corrected chi connectivity index (χ4v) is 2.07. The summed E-state index contributed by atoms with van der Waals surface area (Å²) in [6, 6.07) is 3.42. The predicted molar refractivity (Wildman–Crippen MR) is 62.0 cm³/mol. The number of halogens is 2. The lowest BCUT2D eigenvalue weighted by atomic mass is 10.1. The highest BCUT2D eigenvalue weighted by atomic mass is 79.9. The first-order chi connectivity index (χ1) is 7.08. The van der Waals surface area contributed by atoms with Crippen LogP contribution in [0.1, 0.15) is 11.1 Å². The molecule has 1 aromatic rings. The normalized spacial score (nSPS) is 10.1. The number of hydrogen-bond donors (Lipinski definition) is 1. The molecule has 5 heteroatoms. The second-order valence-corrected chi connectivity index (χ2v) is 3.90. The van der Waals surface area contributed by atoms with Crippen LogP contribution in [0.25, 0.3) is 0 Å². The summed E-state index contributed by atoms with van der Waals surface area (Å²) in [6.45, 7) is 0. The molecule has 0 radical (unpaired) electrons. The molecule has 0 amide bonds. The monoisotopic (exact) mass is 292 g/mol. The van der Waals surface area contributed by atoms with E-state index in [1.54, 1.807) is 12.1 Å². The van der Waals surface area contributed by atoms with E-state index >= 15 is 0 Å². The Kier molecular flexibility index (Phi) is 4.42. The van der Waals surface area contributed by atoms with Crippen LogP contribution in [0.3, 0.4) is 0 Å². The third-order valence-corrected chi connectivity index (χ3v) is 3.01. The van der Waals surface area contributed by atoms with Crippen molar-refractivity contribution in [3.05, 3.63) is 28.3 Å². The summed E-state index contributed by atoms with van der Waals surface area (Å²) in [5.74, 6) is -0.296. The first kappa shape index (κ1) is 12.3. The summed E-state index contributed by atoms with van der Waals surface area (Å²) in [4.78, 5) is 10.6. The minimum atomic E-state index is -0.911. The molecule has 0 spiro atoms. The molecular formula is C10H10BrClO3. The summed E-state index contributed by atoms with van der Waals surface area (Å²) in [7, 11) is 1.53. The first-order valence-electron chi connectivity index (χ1n) is 4.21. The van der Waals surface area contributed by atoms with Gasteiger partial charge in [0.25, 0.3) is 0 Å². The zero-order valence-electron chi connectivity index (χ0n) is 8.09. The molecule has 0 bridgehead atoms. The molecule has 1 N–H and O–H groups in total. The molecule has 0 unspecified atom stereocenters. The molecule has 0 aliphatic rings. The van der Waals surface area contributed by atoms with Gasteiger partial charge in [0.05, 0.1) is 13.5 Å². The van der Waals surface area contributed by atoms with Gasteiger partial charge in [-0.3, -0.25) is 4.79 Å². The zero-order chi connectivity index (χ0) is 11.4. The fraction of sp³-hybridized carbons (Fsp3) is 0.300. The largest absolute Gasteiger partial charge is 0.497 e. The number of hydrogen-bond acceptors (Lipinski definition) is 2. The van der Waals surface area contributed by atoms with Crippen molar-refractivity contribution in [2.45, 2.75) is 11.8 Å². The molecule has 0 saturated heterocycles. The Morgan fingerprint density at radius 2 is 2.13 bits per heavy atom. The number of rotatable bonds is 4. The van der Waals surface area contributed by atoms with Crippen molar-refractivity contribution in [3.63, 3.8) is 0 Å². The smallest absolute Gasteiger partial charge is 0.307 e. The van der Waals surface area contributed by atoms with Crippen LogP contribution in [0, 0.1) is 0 Å². The first-order valence-corrected chi connectivity index (χ1v) is 5.71. The van der Waals surface area contributed by atoms with E-state index in [0.29, 0.717) is 21.7 Å². The van der Waals surface area contributed by atoms with Gasteiger partial charge < -0.3 is 9.84 Å². The van der Waals surface area contributed by atoms with Crippen LogP contribution in [-0.4, -0.2) is 18.2 Å². The van der Waals surface area contributed by atoms with Crippen molar-refractivity contribution < 1.29 is 14.6 Å². The molecule has 0 aliphatic heterocycles. The summed E-state index contributed by atoms with van der Waals surface area (Å²) in [5.41, 5.74) is 1.39. The van der Waals surface area contributed by atoms with Gasteiger partial charge in [0.15, 0.2) is 0 Å². The second kappa shape index (κ2) is 5.37. The van der Waals surface area contributed by atoms with Crippen LogP contribution in [0.15, 0.2) is 12.1 Å². The van der Waals surface area contributed by atoms with E-state index in [9.17, 15) is 4.79 Å². The molecule has 0 fully saturated rings. The predicted octanol–water partition coefficient (Wildman–Crippen LogP) is 2.87. The van der Waals surface area contributed by atoms with Gasteiger partial charge in [0.2, 0.25) is 0 Å². The highest BCUT2D eigenvalue weighted by molar-refractivity contribution is 9.08. The van der Waals surface area contributed by atoms with E-state index in [1.807, 2.05) is 0 Å². The van der Waals surface area contributed by atoms with E-state index in [4.69, 9.17) is 21.4 Å². The topological polar surface area (TPSA) is 46.5 Å². The van der Waals surface area contributed by atoms with E-state index in [2.05, 4.69) is 15.9 Å². The van der Waals surface area contributed by atoms with Crippen molar-refractivity contribution in [3.8, 4) is 5.75 Å². The summed E-state index contributed by atoms with van der Waals surface area (Å²) in [6.07, 6.45) is -0.101. The van der Waals surface area contributed by atoms with Crippen LogP contribution >= 0.6 is 27.5 Å². The molecule has 0 atom stereocenters. The molecule has 0 aliphatic carbocycles. The van der Waals surface area contributed by atoms with E-state index in [1.165, 1.54) is 7.11 Å². The maximum Gasteiger partial charge on any atom is 0.307 e. The number of carboxylic acid groups (broad SMARTS) is 1. The minimum Gasteiger partial charge on any atom is -0.497 e. The van der Waals surface area contributed by atoms with Gasteiger partial charge in [-0.05, 0) is 23.3 Å². The number of carbonyl (C=O) groups is 1. The Morgan fingerprint density at radius 1 is 1.53 bits per heavy atom. The van der Waals surface area contributed by atoms with Gasteiger partial charge >= 0.3 is 5.97 Å². The number of methoxy groups -OCH3 is 1. The molecule has 82 valence electrons. The molecule has 0 saturated carbocycles. The highest BCUT2D eigenvalue weighted by Crippen LogP contribution is 2.29. The van der Waals surface area contributed by atoms with Crippen LogP contribution in [0.5, 0.6) is 5.75 Å². The quantitative estimate of drug-likeness (QED) is 0.868. The van der Waals surface area contributed by atoms with Crippen molar-refractivity contribution in [1.82, 2.24) is 0 Å². The highest BCUT2D eigenvalue weighted by Gasteiger charge is 2.11. The number of benzene rings is 1. The average molecular weight is 294 g/mol. The number of ether oxygens (including phenoxy) is 1. The minimum absolute atomic E-state index is 0.101. The van der Waals surface area contributed by atoms with Crippen molar-refractivity contribution >= 4 is 33.5 Å². The fourth-order valence-electron chi connectivity index (χ4n) is 1.22. The van der Waals surface area contributed by atoms with Gasteiger partial charge in [-0.15, -0.1) is 0 Å². The Morgan fingerprint density at radius 3 is 2.60 bits per heavy atom. The van der Waals surface area contributed by atoms with E-state index < -0.39 is 5.97 Å². The Labute approximate surface area is 101 Å². The van der Waals surface area contributed by atoms with Crippen molar-refractivity contribution in [2.75, 3.05) is 7.11 Å². The molecule has 0 heterocycles. The third kappa shape index (κ3) is 3.11. The zero-order valence-corrected chi connectivity index (χ0v) is 10.4. The summed E-state index contributed by atoms with van der Waals surface area (Å²) >= 11 is 9.32. The third-order valence-electron chi connectivity index (χ3n) is 1.92. The Bertz CT molecular complexity index is 379. The van der Waals surface area contributed by atoms with Crippen LogP contribution < -0.4 is 4.74 Å². The molecule has 1 rings (SSSR count). The number of aliphatic carboxylic acids is 1. The second-order valence-electron chi connectivity index (χ2n) is 2.96. The molecule has 3 nitrogen and oxygen atoms in total. The van der Waals surface area contributed by atoms with Crippen molar-refractivity contribution in [2.24, 2.45) is 0 Å². The van der Waals surface area contributed by atoms with Gasteiger partial charge in [-0.2, -0.15) is 0 Å². The maximum atomic E-state index is 10.6. The van der Waals surface area contributed by atoms with Gasteiger partial charge in [0, 0.05) is 10.4 Å². The lowest BCUT2D eigenvalue weighted by Gasteiger charge is -2.09. The molecule has 15 heavy (non-hydrogen) atoms. The average Bonchev–Trinajstić information content (AvgIpc) is 2.20. The Hall–Kier alpha value is -0.740. The molecule has 1 aromatic carbocycles. The maximum absolute atomic E-state index is 10.6. The van der Waals surface area contributed by atoms with Gasteiger partial charge in [-0.25, -0.2) is 0 Å². The summed E-state index contributed by atoms with van der Waals surface area (Å²) in [5, 5.41) is 9.75. The lowest BCUT2D eigenvalue weighted by Crippen LogP contribution is -2.02. The Balaban J connectivity index is 3.17. The number of alkyl halides is 1. The van der Waals surface area contributed by atoms with Gasteiger partial charge in [-0.1, -0.05) is 27.5 Å². The number of carboxylic acids is 1. The van der Waals surface area contributed by atoms with Crippen LogP contribution in [0.4, 0.5) is 0 Å². The van der Waals surface area contributed by atoms with E-state index in [0.717, 1.165) is 5.56 Å². The van der Waals surface area contributed by atoms with Crippen molar-refractivity contribution in [1.29, 1.82) is 0 Å². The summed E-state index contributed by atoms with van der Waals surface area (Å²) < 4.78 is 5.06. The van der Waals surface area contributed by atoms with E-state index in [-0.39, 0.29) is 6.42 Å². The molecular weight excluding hydrogens is 283 g/mol. The van der Waals surface area contributed by atoms with Gasteiger partial charge in [0.1, 0.15) is 5.75 Å². The lowest BCUT2D eigenvalue weighted by molar-refractivity contribution is -0.136. The molecule has 0 aromatic heterocycles. The van der Waals surface area contributed by atoms with Crippen LogP contribution in [0.2, 0.25) is 5.02 Å². The SMILES string of the molecule is COc1cc(CBr)c(Cl)c(CC(=O)O)c1.